The summed E-state index contributed by atoms with van der Waals surface area (Å²) in [5.41, 5.74) is 1.92. The van der Waals surface area contributed by atoms with Crippen LogP contribution < -0.4 is 10.6 Å². The third-order valence-electron chi connectivity index (χ3n) is 3.71. The molecular formula is C18H28N4O2. The van der Waals surface area contributed by atoms with Crippen molar-refractivity contribution in [2.24, 2.45) is 5.41 Å². The number of carbonyl (C=O) groups is 1. The average molecular weight is 332 g/mol. The van der Waals surface area contributed by atoms with Crippen LogP contribution in [-0.2, 0) is 11.3 Å². The van der Waals surface area contributed by atoms with Gasteiger partial charge >= 0.3 is 0 Å². The standard InChI is InChI=1S/C18H28N4O2/c1-13(23)11-20-17-21-14-7-5-6-8-15(14)22(17)12-16(24)19-10-9-18(2,3)4/h5-8,13,23H,9-12H2,1-4H3,(H,19,24)(H,20,21). The number of hydrogen-bond acceptors (Lipinski definition) is 4. The van der Waals surface area contributed by atoms with Crippen molar-refractivity contribution in [2.45, 2.75) is 46.8 Å². The number of aliphatic hydroxyl groups excluding tert-OH is 1. The number of nitrogens with one attached hydrogen (secondary N) is 2. The predicted molar refractivity (Wildman–Crippen MR) is 97.0 cm³/mol. The van der Waals surface area contributed by atoms with Gasteiger partial charge in [0.2, 0.25) is 11.9 Å². The number of benzene rings is 1. The van der Waals surface area contributed by atoms with Crippen molar-refractivity contribution in [1.29, 1.82) is 0 Å². The molecule has 0 spiro atoms. The first-order chi connectivity index (χ1) is 11.3. The summed E-state index contributed by atoms with van der Waals surface area (Å²) in [6, 6.07) is 7.70. The topological polar surface area (TPSA) is 79.2 Å². The summed E-state index contributed by atoms with van der Waals surface area (Å²) >= 11 is 0. The Labute approximate surface area is 143 Å². The van der Waals surface area contributed by atoms with Gasteiger partial charge in [0.05, 0.1) is 17.1 Å². The first kappa shape index (κ1) is 18.3. The van der Waals surface area contributed by atoms with E-state index in [0.29, 0.717) is 19.0 Å². The van der Waals surface area contributed by atoms with Crippen molar-refractivity contribution in [3.8, 4) is 0 Å². The van der Waals surface area contributed by atoms with Gasteiger partial charge < -0.3 is 20.3 Å². The highest BCUT2D eigenvalue weighted by Gasteiger charge is 2.15. The smallest absolute Gasteiger partial charge is 0.240 e. The van der Waals surface area contributed by atoms with Gasteiger partial charge in [0.25, 0.3) is 0 Å². The van der Waals surface area contributed by atoms with Gasteiger partial charge in [-0.05, 0) is 30.9 Å². The molecule has 0 radical (unpaired) electrons. The summed E-state index contributed by atoms with van der Waals surface area (Å²) < 4.78 is 1.85. The monoisotopic (exact) mass is 332 g/mol. The number of amides is 1. The highest BCUT2D eigenvalue weighted by molar-refractivity contribution is 5.83. The van der Waals surface area contributed by atoms with Crippen LogP contribution in [0.5, 0.6) is 0 Å². The number of aliphatic hydroxyl groups is 1. The molecule has 0 aliphatic carbocycles. The van der Waals surface area contributed by atoms with E-state index in [0.717, 1.165) is 17.5 Å². The van der Waals surface area contributed by atoms with E-state index in [-0.39, 0.29) is 17.9 Å². The molecule has 132 valence electrons. The molecule has 0 fully saturated rings. The zero-order valence-electron chi connectivity index (χ0n) is 15.0. The van der Waals surface area contributed by atoms with E-state index in [1.807, 2.05) is 28.8 Å². The molecule has 0 aliphatic rings. The number of aromatic nitrogens is 2. The maximum Gasteiger partial charge on any atom is 0.240 e. The third-order valence-corrected chi connectivity index (χ3v) is 3.71. The van der Waals surface area contributed by atoms with Gasteiger partial charge in [-0.3, -0.25) is 4.79 Å². The Kier molecular flexibility index (Phi) is 5.83. The lowest BCUT2D eigenvalue weighted by Crippen LogP contribution is -2.31. The molecule has 1 heterocycles. The van der Waals surface area contributed by atoms with E-state index in [1.54, 1.807) is 6.92 Å². The minimum Gasteiger partial charge on any atom is -0.392 e. The molecule has 1 unspecified atom stereocenters. The van der Waals surface area contributed by atoms with Gasteiger partial charge in [0.1, 0.15) is 6.54 Å². The summed E-state index contributed by atoms with van der Waals surface area (Å²) in [6.07, 6.45) is 0.440. The van der Waals surface area contributed by atoms with Crippen molar-refractivity contribution in [2.75, 3.05) is 18.4 Å². The molecular weight excluding hydrogens is 304 g/mol. The lowest BCUT2D eigenvalue weighted by atomic mass is 9.92. The number of rotatable bonds is 7. The number of imidazole rings is 1. The summed E-state index contributed by atoms with van der Waals surface area (Å²) in [5, 5.41) is 15.6. The minimum atomic E-state index is -0.487. The minimum absolute atomic E-state index is 0.0394. The Balaban J connectivity index is 2.10. The zero-order valence-corrected chi connectivity index (χ0v) is 15.0. The third kappa shape index (κ3) is 5.23. The SMILES string of the molecule is CC(O)CNc1nc2ccccc2n1CC(=O)NCCC(C)(C)C. The van der Waals surface area contributed by atoms with E-state index in [2.05, 4.69) is 36.4 Å². The van der Waals surface area contributed by atoms with Gasteiger partial charge in [-0.15, -0.1) is 0 Å². The molecule has 0 saturated carbocycles. The van der Waals surface area contributed by atoms with Crippen LogP contribution in [0.15, 0.2) is 24.3 Å². The van der Waals surface area contributed by atoms with Gasteiger partial charge in [-0.2, -0.15) is 0 Å². The molecule has 1 atom stereocenters. The molecule has 0 aliphatic heterocycles. The second-order valence-corrected chi connectivity index (χ2v) is 7.40. The fourth-order valence-electron chi connectivity index (χ4n) is 2.39. The van der Waals surface area contributed by atoms with E-state index >= 15 is 0 Å². The van der Waals surface area contributed by atoms with Crippen LogP contribution in [0.25, 0.3) is 11.0 Å². The van der Waals surface area contributed by atoms with Crippen LogP contribution in [0.4, 0.5) is 5.95 Å². The first-order valence-electron chi connectivity index (χ1n) is 8.40. The molecule has 1 aromatic heterocycles. The number of hydrogen-bond donors (Lipinski definition) is 3. The molecule has 2 aromatic rings. The molecule has 0 saturated heterocycles. The van der Waals surface area contributed by atoms with E-state index in [1.165, 1.54) is 0 Å². The van der Waals surface area contributed by atoms with Crippen molar-refractivity contribution >= 4 is 22.9 Å². The van der Waals surface area contributed by atoms with Crippen molar-refractivity contribution in [3.63, 3.8) is 0 Å². The molecule has 1 aromatic carbocycles. The van der Waals surface area contributed by atoms with Gasteiger partial charge in [0.15, 0.2) is 0 Å². The van der Waals surface area contributed by atoms with Crippen molar-refractivity contribution < 1.29 is 9.90 Å². The highest BCUT2D eigenvalue weighted by atomic mass is 16.3. The van der Waals surface area contributed by atoms with Crippen LogP contribution in [0, 0.1) is 5.41 Å². The molecule has 6 heteroatoms. The van der Waals surface area contributed by atoms with Crippen LogP contribution in [0.3, 0.4) is 0 Å². The van der Waals surface area contributed by atoms with E-state index < -0.39 is 6.10 Å². The lowest BCUT2D eigenvalue weighted by Gasteiger charge is -2.18. The number of anilines is 1. The molecule has 6 nitrogen and oxygen atoms in total. The quantitative estimate of drug-likeness (QED) is 0.727. The van der Waals surface area contributed by atoms with Gasteiger partial charge in [-0.25, -0.2) is 4.98 Å². The summed E-state index contributed by atoms with van der Waals surface area (Å²) in [4.78, 5) is 16.8. The second-order valence-electron chi connectivity index (χ2n) is 7.40. The maximum atomic E-state index is 12.3. The zero-order chi connectivity index (χ0) is 17.7. The predicted octanol–water partition coefficient (Wildman–Crippen LogP) is 2.38. The molecule has 0 bridgehead atoms. The Morgan fingerprint density at radius 1 is 1.33 bits per heavy atom. The Hall–Kier alpha value is -2.08. The Morgan fingerprint density at radius 3 is 2.71 bits per heavy atom. The first-order valence-corrected chi connectivity index (χ1v) is 8.40. The number of carbonyl (C=O) groups excluding carboxylic acids is 1. The van der Waals surface area contributed by atoms with Crippen molar-refractivity contribution in [1.82, 2.24) is 14.9 Å². The van der Waals surface area contributed by atoms with Crippen LogP contribution in [0.1, 0.15) is 34.1 Å². The van der Waals surface area contributed by atoms with E-state index in [4.69, 9.17) is 0 Å². The number of para-hydroxylation sites is 2. The summed E-state index contributed by atoms with van der Waals surface area (Å²) in [6.45, 7) is 9.41. The van der Waals surface area contributed by atoms with Crippen molar-refractivity contribution in [3.05, 3.63) is 24.3 Å². The summed E-state index contributed by atoms with van der Waals surface area (Å²) in [7, 11) is 0. The van der Waals surface area contributed by atoms with Crippen LogP contribution >= 0.6 is 0 Å². The fourth-order valence-corrected chi connectivity index (χ4v) is 2.39. The average Bonchev–Trinajstić information content (AvgIpc) is 2.82. The van der Waals surface area contributed by atoms with Gasteiger partial charge in [-0.1, -0.05) is 32.9 Å². The number of nitrogens with zero attached hydrogens (tertiary/aromatic N) is 2. The van der Waals surface area contributed by atoms with E-state index in [9.17, 15) is 9.90 Å². The van der Waals surface area contributed by atoms with Crippen LogP contribution in [-0.4, -0.2) is 39.8 Å². The molecule has 3 N–H and O–H groups in total. The molecule has 24 heavy (non-hydrogen) atoms. The normalized spacial score (nSPS) is 13.0. The Morgan fingerprint density at radius 2 is 2.04 bits per heavy atom. The van der Waals surface area contributed by atoms with Crippen LogP contribution in [0.2, 0.25) is 0 Å². The summed E-state index contributed by atoms with van der Waals surface area (Å²) in [5.74, 6) is 0.561. The largest absolute Gasteiger partial charge is 0.392 e. The second kappa shape index (κ2) is 7.66. The fraction of sp³-hybridized carbons (Fsp3) is 0.556. The van der Waals surface area contributed by atoms with Gasteiger partial charge in [0, 0.05) is 13.1 Å². The Bertz CT molecular complexity index is 686. The lowest BCUT2D eigenvalue weighted by molar-refractivity contribution is -0.121. The highest BCUT2D eigenvalue weighted by Crippen LogP contribution is 2.20. The molecule has 2 rings (SSSR count). The number of fused-ring (bicyclic) bond motifs is 1. The maximum absolute atomic E-state index is 12.3. The molecule has 1 amide bonds.